The van der Waals surface area contributed by atoms with Gasteiger partial charge in [0.15, 0.2) is 0 Å². The smallest absolute Gasteiger partial charge is 0.286 e. The SMILES string of the molecule is CCCCCc1ccc(-c2cn(-c3nc(C(N)=O)n(COCCO)n3)nn2)cc1. The van der Waals surface area contributed by atoms with E-state index in [1.165, 1.54) is 34.2 Å². The van der Waals surface area contributed by atoms with E-state index in [1.807, 2.05) is 12.1 Å². The Bertz CT molecular complexity index is 934. The molecule has 0 bridgehead atoms. The zero-order valence-electron chi connectivity index (χ0n) is 16.4. The fourth-order valence-electron chi connectivity index (χ4n) is 2.83. The van der Waals surface area contributed by atoms with Crippen LogP contribution in [-0.4, -0.2) is 54.0 Å². The fraction of sp³-hybridized carbons (Fsp3) is 0.421. The molecule has 0 aliphatic carbocycles. The van der Waals surface area contributed by atoms with E-state index in [9.17, 15) is 4.79 Å². The van der Waals surface area contributed by atoms with E-state index < -0.39 is 5.91 Å². The predicted molar refractivity (Wildman–Crippen MR) is 105 cm³/mol. The summed E-state index contributed by atoms with van der Waals surface area (Å²) >= 11 is 0. The Morgan fingerprint density at radius 3 is 2.72 bits per heavy atom. The van der Waals surface area contributed by atoms with Gasteiger partial charge in [0.1, 0.15) is 12.4 Å². The number of aliphatic hydroxyl groups is 1. The fourth-order valence-corrected chi connectivity index (χ4v) is 2.83. The van der Waals surface area contributed by atoms with Crippen LogP contribution < -0.4 is 5.73 Å². The van der Waals surface area contributed by atoms with Crippen LogP contribution in [0.1, 0.15) is 42.4 Å². The van der Waals surface area contributed by atoms with Gasteiger partial charge in [0.05, 0.1) is 19.4 Å². The van der Waals surface area contributed by atoms with Crippen molar-refractivity contribution >= 4 is 5.91 Å². The molecule has 2 heterocycles. The number of hydrogen-bond acceptors (Lipinski definition) is 7. The first-order valence-corrected chi connectivity index (χ1v) is 9.57. The van der Waals surface area contributed by atoms with Crippen molar-refractivity contribution < 1.29 is 14.6 Å². The molecule has 0 aliphatic rings. The van der Waals surface area contributed by atoms with Gasteiger partial charge in [0, 0.05) is 5.56 Å². The molecule has 0 unspecified atom stereocenters. The molecule has 0 aliphatic heterocycles. The number of benzene rings is 1. The number of nitrogens with two attached hydrogens (primary N) is 1. The maximum Gasteiger partial charge on any atom is 0.286 e. The number of aliphatic hydroxyl groups excluding tert-OH is 1. The number of rotatable bonds is 11. The van der Waals surface area contributed by atoms with Crippen molar-refractivity contribution in [3.8, 4) is 17.2 Å². The highest BCUT2D eigenvalue weighted by Gasteiger charge is 2.17. The van der Waals surface area contributed by atoms with E-state index in [0.717, 1.165) is 12.0 Å². The molecule has 10 heteroatoms. The van der Waals surface area contributed by atoms with Crippen molar-refractivity contribution in [3.05, 3.63) is 41.9 Å². The standard InChI is InChI=1S/C19H25N7O3/c1-2-3-4-5-14-6-8-15(9-7-14)16-12-25(24-22-16)19-21-18(17(20)28)26(23-19)13-29-11-10-27/h6-9,12,27H,2-5,10-11,13H2,1H3,(H2,20,28). The normalized spacial score (nSPS) is 11.1. The Morgan fingerprint density at radius 2 is 2.03 bits per heavy atom. The van der Waals surface area contributed by atoms with Crippen LogP contribution in [0.3, 0.4) is 0 Å². The number of carbonyl (C=O) groups excluding carboxylic acids is 1. The largest absolute Gasteiger partial charge is 0.394 e. The molecule has 154 valence electrons. The van der Waals surface area contributed by atoms with Gasteiger partial charge < -0.3 is 15.6 Å². The van der Waals surface area contributed by atoms with Gasteiger partial charge in [0.25, 0.3) is 11.9 Å². The number of unbranched alkanes of at least 4 members (excludes halogenated alkanes) is 2. The lowest BCUT2D eigenvalue weighted by Gasteiger charge is -2.03. The molecule has 3 rings (SSSR count). The van der Waals surface area contributed by atoms with Crippen LogP contribution in [0.4, 0.5) is 0 Å². The van der Waals surface area contributed by atoms with Crippen LogP contribution in [0, 0.1) is 0 Å². The zero-order chi connectivity index (χ0) is 20.6. The highest BCUT2D eigenvalue weighted by molar-refractivity contribution is 5.89. The van der Waals surface area contributed by atoms with Gasteiger partial charge in [-0.3, -0.25) is 4.79 Å². The van der Waals surface area contributed by atoms with E-state index in [-0.39, 0.29) is 31.7 Å². The topological polar surface area (TPSA) is 134 Å². The third kappa shape index (κ3) is 5.24. The second-order valence-electron chi connectivity index (χ2n) is 6.56. The number of carbonyl (C=O) groups is 1. The molecule has 0 saturated heterocycles. The van der Waals surface area contributed by atoms with Crippen molar-refractivity contribution in [2.75, 3.05) is 13.2 Å². The Kier molecular flexibility index (Phi) is 7.04. The van der Waals surface area contributed by atoms with Crippen molar-refractivity contribution in [1.29, 1.82) is 0 Å². The first-order chi connectivity index (χ1) is 14.1. The summed E-state index contributed by atoms with van der Waals surface area (Å²) in [6.45, 7) is 2.10. The third-order valence-electron chi connectivity index (χ3n) is 4.35. The van der Waals surface area contributed by atoms with Crippen molar-refractivity contribution in [2.24, 2.45) is 5.73 Å². The molecule has 0 saturated carbocycles. The Hall–Kier alpha value is -3.11. The van der Waals surface area contributed by atoms with E-state index in [1.54, 1.807) is 6.20 Å². The molecule has 1 amide bonds. The number of primary amides is 1. The zero-order valence-corrected chi connectivity index (χ0v) is 16.4. The Balaban J connectivity index is 1.75. The Morgan fingerprint density at radius 1 is 1.24 bits per heavy atom. The summed E-state index contributed by atoms with van der Waals surface area (Å²) < 4.78 is 7.78. The molecule has 0 atom stereocenters. The summed E-state index contributed by atoms with van der Waals surface area (Å²) in [6, 6.07) is 8.22. The number of aromatic nitrogens is 6. The number of hydrogen-bond donors (Lipinski definition) is 2. The molecular weight excluding hydrogens is 374 g/mol. The highest BCUT2D eigenvalue weighted by atomic mass is 16.5. The molecule has 10 nitrogen and oxygen atoms in total. The monoisotopic (exact) mass is 399 g/mol. The van der Waals surface area contributed by atoms with Crippen LogP contribution >= 0.6 is 0 Å². The van der Waals surface area contributed by atoms with E-state index in [0.29, 0.717) is 5.69 Å². The van der Waals surface area contributed by atoms with Crippen LogP contribution in [0.2, 0.25) is 0 Å². The Labute approximate surface area is 168 Å². The minimum atomic E-state index is -0.740. The van der Waals surface area contributed by atoms with E-state index in [4.69, 9.17) is 15.6 Å². The second-order valence-corrected chi connectivity index (χ2v) is 6.56. The average molecular weight is 399 g/mol. The van der Waals surface area contributed by atoms with Crippen molar-refractivity contribution in [1.82, 2.24) is 29.8 Å². The van der Waals surface area contributed by atoms with Gasteiger partial charge in [-0.15, -0.1) is 10.2 Å². The number of aryl methyl sites for hydroxylation is 1. The lowest BCUT2D eigenvalue weighted by molar-refractivity contribution is 0.0398. The van der Waals surface area contributed by atoms with Gasteiger partial charge in [-0.05, 0) is 18.4 Å². The van der Waals surface area contributed by atoms with Crippen LogP contribution in [-0.2, 0) is 17.9 Å². The van der Waals surface area contributed by atoms with Gasteiger partial charge in [0.2, 0.25) is 5.82 Å². The van der Waals surface area contributed by atoms with Gasteiger partial charge in [-0.2, -0.15) is 9.67 Å². The lowest BCUT2D eigenvalue weighted by atomic mass is 10.0. The van der Waals surface area contributed by atoms with E-state index >= 15 is 0 Å². The van der Waals surface area contributed by atoms with E-state index in [2.05, 4.69) is 39.5 Å². The minimum absolute atomic E-state index is 0.0626. The van der Waals surface area contributed by atoms with Gasteiger partial charge in [-0.1, -0.05) is 49.2 Å². The molecule has 29 heavy (non-hydrogen) atoms. The summed E-state index contributed by atoms with van der Waals surface area (Å²) in [4.78, 5) is 15.7. The molecule has 0 spiro atoms. The van der Waals surface area contributed by atoms with Crippen LogP contribution in [0.25, 0.3) is 17.2 Å². The molecule has 3 aromatic rings. The molecule has 0 fully saturated rings. The first-order valence-electron chi connectivity index (χ1n) is 9.57. The maximum absolute atomic E-state index is 11.6. The van der Waals surface area contributed by atoms with Crippen LogP contribution in [0.5, 0.6) is 0 Å². The van der Waals surface area contributed by atoms with Gasteiger partial charge in [-0.25, -0.2) is 4.68 Å². The maximum atomic E-state index is 11.6. The first kappa shape index (κ1) is 20.6. The molecular formula is C19H25N7O3. The van der Waals surface area contributed by atoms with Crippen molar-refractivity contribution in [2.45, 2.75) is 39.3 Å². The molecule has 1 aromatic carbocycles. The van der Waals surface area contributed by atoms with Crippen molar-refractivity contribution in [3.63, 3.8) is 0 Å². The molecule has 2 aromatic heterocycles. The summed E-state index contributed by atoms with van der Waals surface area (Å²) in [5.74, 6) is -0.650. The minimum Gasteiger partial charge on any atom is -0.394 e. The quantitative estimate of drug-likeness (QED) is 0.464. The molecule has 0 radical (unpaired) electrons. The van der Waals surface area contributed by atoms with Crippen LogP contribution in [0.15, 0.2) is 30.5 Å². The summed E-state index contributed by atoms with van der Waals surface area (Å²) in [5.41, 5.74) is 8.24. The average Bonchev–Trinajstić information content (AvgIpc) is 3.36. The number of nitrogens with zero attached hydrogens (tertiary/aromatic N) is 6. The lowest BCUT2D eigenvalue weighted by Crippen LogP contribution is -2.20. The summed E-state index contributed by atoms with van der Waals surface area (Å²) in [5, 5.41) is 21.2. The number of ether oxygens (including phenoxy) is 1. The summed E-state index contributed by atoms with van der Waals surface area (Å²) in [7, 11) is 0. The second kappa shape index (κ2) is 9.89. The molecule has 3 N–H and O–H groups in total. The highest BCUT2D eigenvalue weighted by Crippen LogP contribution is 2.19. The number of amides is 1. The third-order valence-corrected chi connectivity index (χ3v) is 4.35. The predicted octanol–water partition coefficient (Wildman–Crippen LogP) is 1.32. The van der Waals surface area contributed by atoms with Gasteiger partial charge >= 0.3 is 0 Å². The summed E-state index contributed by atoms with van der Waals surface area (Å²) in [6.07, 6.45) is 6.37.